The molecule has 1 aliphatic heterocycles. The van der Waals surface area contributed by atoms with E-state index < -0.39 is 11.4 Å². The van der Waals surface area contributed by atoms with Crippen molar-refractivity contribution in [2.24, 2.45) is 5.41 Å². The minimum atomic E-state index is -1.10. The molecular weight excluding hydrogens is 232 g/mol. The molecule has 1 aliphatic rings. The summed E-state index contributed by atoms with van der Waals surface area (Å²) in [6.45, 7) is 5.55. The van der Waals surface area contributed by atoms with Gasteiger partial charge in [-0.3, -0.25) is 19.4 Å². The molecule has 1 rings (SSSR count). The van der Waals surface area contributed by atoms with Gasteiger partial charge in [-0.2, -0.15) is 0 Å². The van der Waals surface area contributed by atoms with Crippen LogP contribution in [0.1, 0.15) is 32.6 Å². The van der Waals surface area contributed by atoms with Gasteiger partial charge in [-0.25, -0.2) is 4.79 Å². The van der Waals surface area contributed by atoms with E-state index in [9.17, 15) is 14.4 Å². The molecule has 0 atom stereocenters. The zero-order chi connectivity index (χ0) is 13.9. The van der Waals surface area contributed by atoms with Crippen LogP contribution in [-0.2, 0) is 9.59 Å². The summed E-state index contributed by atoms with van der Waals surface area (Å²) >= 11 is 0. The van der Waals surface area contributed by atoms with Gasteiger partial charge in [0.15, 0.2) is 0 Å². The Kier molecular flexibility index (Phi) is 4.27. The maximum absolute atomic E-state index is 12.3. The van der Waals surface area contributed by atoms with E-state index in [1.54, 1.807) is 6.08 Å². The predicted octanol–water partition coefficient (Wildman–Crippen LogP) is 1.79. The molecule has 100 valence electrons. The zero-order valence-electron chi connectivity index (χ0n) is 11.2. The fourth-order valence-corrected chi connectivity index (χ4v) is 2.46. The fraction of sp³-hybridized carbons (Fsp3) is 0.615. The second-order valence-corrected chi connectivity index (χ2v) is 4.67. The van der Waals surface area contributed by atoms with Crippen molar-refractivity contribution in [3.63, 3.8) is 0 Å². The molecule has 0 N–H and O–H groups in total. The molecule has 0 radical (unpaired) electrons. The first-order chi connectivity index (χ1) is 8.42. The number of rotatable bonds is 5. The van der Waals surface area contributed by atoms with Gasteiger partial charge in [-0.05, 0) is 19.3 Å². The van der Waals surface area contributed by atoms with Crippen LogP contribution >= 0.6 is 0 Å². The summed E-state index contributed by atoms with van der Waals surface area (Å²) < 4.78 is 0. The number of carbonyl (C=O) groups is 3. The Morgan fingerprint density at radius 3 is 2.00 bits per heavy atom. The van der Waals surface area contributed by atoms with Gasteiger partial charge in [0.05, 0.1) is 0 Å². The first-order valence-corrected chi connectivity index (χ1v) is 6.13. The van der Waals surface area contributed by atoms with Crippen molar-refractivity contribution < 1.29 is 14.4 Å². The van der Waals surface area contributed by atoms with E-state index in [0.717, 1.165) is 9.80 Å². The Balaban J connectivity index is 3.19. The second kappa shape index (κ2) is 5.33. The van der Waals surface area contributed by atoms with Crippen molar-refractivity contribution in [3.8, 4) is 0 Å². The Morgan fingerprint density at radius 1 is 1.11 bits per heavy atom. The molecule has 5 heteroatoms. The van der Waals surface area contributed by atoms with Crippen molar-refractivity contribution in [3.05, 3.63) is 12.7 Å². The van der Waals surface area contributed by atoms with E-state index in [1.165, 1.54) is 14.1 Å². The first kappa shape index (κ1) is 14.4. The molecule has 0 aromatic rings. The van der Waals surface area contributed by atoms with E-state index in [4.69, 9.17) is 0 Å². The molecule has 5 nitrogen and oxygen atoms in total. The first-order valence-electron chi connectivity index (χ1n) is 6.13. The van der Waals surface area contributed by atoms with E-state index in [1.807, 2.05) is 6.92 Å². The largest absolute Gasteiger partial charge is 0.332 e. The molecule has 1 fully saturated rings. The molecule has 0 spiro atoms. The van der Waals surface area contributed by atoms with Crippen molar-refractivity contribution in [2.45, 2.75) is 32.6 Å². The maximum Gasteiger partial charge on any atom is 0.332 e. The molecule has 0 aliphatic carbocycles. The van der Waals surface area contributed by atoms with Crippen LogP contribution in [0.5, 0.6) is 0 Å². The van der Waals surface area contributed by atoms with Crippen LogP contribution in [0.4, 0.5) is 4.79 Å². The number of barbiturate groups is 1. The van der Waals surface area contributed by atoms with Gasteiger partial charge in [0.1, 0.15) is 5.41 Å². The summed E-state index contributed by atoms with van der Waals surface area (Å²) in [4.78, 5) is 38.5. The monoisotopic (exact) mass is 252 g/mol. The highest BCUT2D eigenvalue weighted by atomic mass is 16.2. The molecule has 18 heavy (non-hydrogen) atoms. The second-order valence-electron chi connectivity index (χ2n) is 4.67. The third-order valence-electron chi connectivity index (χ3n) is 3.45. The molecule has 0 aromatic heterocycles. The number of amides is 4. The quantitative estimate of drug-likeness (QED) is 0.553. The Hall–Kier alpha value is -1.65. The molecule has 1 saturated heterocycles. The number of nitrogens with zero attached hydrogens (tertiary/aromatic N) is 2. The van der Waals surface area contributed by atoms with Crippen molar-refractivity contribution in [1.29, 1.82) is 0 Å². The average molecular weight is 252 g/mol. The topological polar surface area (TPSA) is 57.7 Å². The Bertz CT molecular complexity index is 366. The van der Waals surface area contributed by atoms with E-state index >= 15 is 0 Å². The number of imide groups is 2. The lowest BCUT2D eigenvalue weighted by molar-refractivity contribution is -0.158. The third-order valence-corrected chi connectivity index (χ3v) is 3.45. The normalized spacial score (nSPS) is 19.4. The molecule has 1 heterocycles. The zero-order valence-corrected chi connectivity index (χ0v) is 11.2. The van der Waals surface area contributed by atoms with Crippen molar-refractivity contribution >= 4 is 17.8 Å². The van der Waals surface area contributed by atoms with E-state index in [-0.39, 0.29) is 11.8 Å². The van der Waals surface area contributed by atoms with E-state index in [2.05, 4.69) is 6.58 Å². The van der Waals surface area contributed by atoms with Crippen LogP contribution in [0.3, 0.4) is 0 Å². The van der Waals surface area contributed by atoms with Crippen LogP contribution < -0.4 is 0 Å². The number of urea groups is 1. The lowest BCUT2D eigenvalue weighted by atomic mass is 9.75. The van der Waals surface area contributed by atoms with Crippen LogP contribution in [0.15, 0.2) is 12.7 Å². The van der Waals surface area contributed by atoms with Gasteiger partial charge >= 0.3 is 6.03 Å². The lowest BCUT2D eigenvalue weighted by Gasteiger charge is -2.41. The standard InChI is InChI=1S/C13H20N2O3/c1-5-7-9-13(8-6-2)10(16)14(3)12(18)15(4)11(13)17/h5H,1,6-9H2,2-4H3. The van der Waals surface area contributed by atoms with Crippen molar-refractivity contribution in [2.75, 3.05) is 14.1 Å². The number of hydrogen-bond acceptors (Lipinski definition) is 3. The van der Waals surface area contributed by atoms with Crippen molar-refractivity contribution in [1.82, 2.24) is 9.80 Å². The Labute approximate surface area is 107 Å². The van der Waals surface area contributed by atoms with Gasteiger partial charge < -0.3 is 0 Å². The van der Waals surface area contributed by atoms with Crippen LogP contribution in [0.25, 0.3) is 0 Å². The van der Waals surface area contributed by atoms with Gasteiger partial charge in [0, 0.05) is 14.1 Å². The highest BCUT2D eigenvalue weighted by Crippen LogP contribution is 2.37. The molecule has 0 saturated carbocycles. The SMILES string of the molecule is C=CCCC1(CCC)C(=O)N(C)C(=O)N(C)C1=O. The van der Waals surface area contributed by atoms with Crippen LogP contribution in [0, 0.1) is 5.41 Å². The number of allylic oxidation sites excluding steroid dienone is 1. The molecule has 0 bridgehead atoms. The Morgan fingerprint density at radius 2 is 1.61 bits per heavy atom. The van der Waals surface area contributed by atoms with Gasteiger partial charge in [0.25, 0.3) is 0 Å². The number of carbonyl (C=O) groups excluding carboxylic acids is 3. The van der Waals surface area contributed by atoms with Gasteiger partial charge in [-0.15, -0.1) is 6.58 Å². The average Bonchev–Trinajstić information content (AvgIpc) is 2.38. The highest BCUT2D eigenvalue weighted by Gasteiger charge is 2.53. The highest BCUT2D eigenvalue weighted by molar-refractivity contribution is 6.18. The summed E-state index contributed by atoms with van der Waals surface area (Å²) in [6, 6.07) is -0.560. The summed E-state index contributed by atoms with van der Waals surface area (Å²) in [6.07, 6.45) is 3.84. The molecular formula is C13H20N2O3. The minimum Gasteiger partial charge on any atom is -0.273 e. The van der Waals surface area contributed by atoms with Crippen LogP contribution in [0.2, 0.25) is 0 Å². The summed E-state index contributed by atoms with van der Waals surface area (Å²) in [5, 5.41) is 0. The summed E-state index contributed by atoms with van der Waals surface area (Å²) in [5.41, 5.74) is -1.10. The summed E-state index contributed by atoms with van der Waals surface area (Å²) in [7, 11) is 2.85. The third kappa shape index (κ3) is 2.05. The molecule has 0 aromatic carbocycles. The van der Waals surface area contributed by atoms with Gasteiger partial charge in [0.2, 0.25) is 11.8 Å². The van der Waals surface area contributed by atoms with E-state index in [0.29, 0.717) is 25.7 Å². The smallest absolute Gasteiger partial charge is 0.273 e. The predicted molar refractivity (Wildman–Crippen MR) is 67.7 cm³/mol. The molecule has 4 amide bonds. The minimum absolute atomic E-state index is 0.390. The van der Waals surface area contributed by atoms with Gasteiger partial charge in [-0.1, -0.05) is 19.4 Å². The lowest BCUT2D eigenvalue weighted by Crippen LogP contribution is -2.62. The number of hydrogen-bond donors (Lipinski definition) is 0. The maximum atomic E-state index is 12.3. The van der Waals surface area contributed by atoms with Crippen LogP contribution in [-0.4, -0.2) is 41.7 Å². The molecule has 0 unspecified atom stereocenters. The fourth-order valence-electron chi connectivity index (χ4n) is 2.46. The summed E-state index contributed by atoms with van der Waals surface area (Å²) in [5.74, 6) is -0.779.